The first kappa shape index (κ1) is 16.0. The molecule has 0 aliphatic rings. The summed E-state index contributed by atoms with van der Waals surface area (Å²) in [6.45, 7) is 1.34. The van der Waals surface area contributed by atoms with Gasteiger partial charge >= 0.3 is 6.09 Å². The lowest BCUT2D eigenvalue weighted by molar-refractivity contribution is -0.307. The summed E-state index contributed by atoms with van der Waals surface area (Å²) in [5, 5.41) is 12.7. The maximum absolute atomic E-state index is 11.5. The van der Waals surface area contributed by atoms with Crippen LogP contribution in [0.2, 0.25) is 0 Å². The maximum Gasteiger partial charge on any atom is 0.408 e. The molecule has 1 N–H and O–H groups in total. The standard InChI is InChI=1S/C13H15NO5S/c1-9(15)20-8-11(12(16)17)14-13(18)19-7-10-5-3-2-4-6-10/h2-6,11H,7-8H2,1H3,(H,14,18)(H,16,17)/p-1/t11-/m0/s1. The molecule has 0 aromatic heterocycles. The highest BCUT2D eigenvalue weighted by atomic mass is 32.2. The van der Waals surface area contributed by atoms with E-state index in [-0.39, 0.29) is 17.5 Å². The number of carbonyl (C=O) groups is 3. The van der Waals surface area contributed by atoms with Crippen molar-refractivity contribution < 1.29 is 24.2 Å². The van der Waals surface area contributed by atoms with E-state index < -0.39 is 18.1 Å². The zero-order chi connectivity index (χ0) is 15.0. The van der Waals surface area contributed by atoms with Crippen LogP contribution in [0.15, 0.2) is 30.3 Å². The van der Waals surface area contributed by atoms with Gasteiger partial charge in [-0.1, -0.05) is 42.1 Å². The maximum atomic E-state index is 11.5. The van der Waals surface area contributed by atoms with E-state index in [0.29, 0.717) is 0 Å². The molecule has 1 amide bonds. The number of amides is 1. The second-order valence-electron chi connectivity index (χ2n) is 3.88. The van der Waals surface area contributed by atoms with E-state index in [0.717, 1.165) is 17.3 Å². The normalized spacial score (nSPS) is 11.4. The Morgan fingerprint density at radius 2 is 1.95 bits per heavy atom. The number of alkyl carbamates (subject to hydrolysis) is 1. The number of aliphatic carboxylic acids is 1. The van der Waals surface area contributed by atoms with E-state index in [2.05, 4.69) is 5.32 Å². The minimum atomic E-state index is -1.46. The van der Waals surface area contributed by atoms with Gasteiger partial charge in [-0.3, -0.25) is 4.79 Å². The van der Waals surface area contributed by atoms with Crippen molar-refractivity contribution in [2.24, 2.45) is 0 Å². The van der Waals surface area contributed by atoms with Crippen molar-refractivity contribution in [3.8, 4) is 0 Å². The minimum Gasteiger partial charge on any atom is -0.548 e. The van der Waals surface area contributed by atoms with Crippen molar-refractivity contribution >= 4 is 28.9 Å². The predicted octanol–water partition coefficient (Wildman–Crippen LogP) is 0.311. The van der Waals surface area contributed by atoms with Crippen LogP contribution in [0.1, 0.15) is 12.5 Å². The molecule has 6 nitrogen and oxygen atoms in total. The molecule has 1 atom stereocenters. The molecule has 0 saturated heterocycles. The van der Waals surface area contributed by atoms with Crippen LogP contribution in [-0.2, 0) is 20.9 Å². The third-order valence-corrected chi connectivity index (χ3v) is 3.15. The fraction of sp³-hybridized carbons (Fsp3) is 0.308. The Kier molecular flexibility index (Phi) is 6.58. The number of benzene rings is 1. The van der Waals surface area contributed by atoms with E-state index in [9.17, 15) is 19.5 Å². The second kappa shape index (κ2) is 8.21. The van der Waals surface area contributed by atoms with E-state index in [4.69, 9.17) is 4.74 Å². The van der Waals surface area contributed by atoms with Gasteiger partial charge in [0.1, 0.15) is 6.61 Å². The molecule has 0 heterocycles. The van der Waals surface area contributed by atoms with Gasteiger partial charge in [0.2, 0.25) is 0 Å². The summed E-state index contributed by atoms with van der Waals surface area (Å²) < 4.78 is 4.88. The smallest absolute Gasteiger partial charge is 0.408 e. The van der Waals surface area contributed by atoms with Crippen molar-refractivity contribution in [3.05, 3.63) is 35.9 Å². The zero-order valence-corrected chi connectivity index (χ0v) is 11.6. The van der Waals surface area contributed by atoms with Gasteiger partial charge in [-0.05, 0) is 5.56 Å². The number of carboxylic acid groups (broad SMARTS) is 1. The molecule has 20 heavy (non-hydrogen) atoms. The molecule has 0 aliphatic carbocycles. The SMILES string of the molecule is CC(=O)SC[C@H](NC(=O)OCc1ccccc1)C(=O)[O-]. The van der Waals surface area contributed by atoms with Gasteiger partial charge in [-0.15, -0.1) is 0 Å². The highest BCUT2D eigenvalue weighted by molar-refractivity contribution is 8.13. The number of nitrogens with one attached hydrogen (secondary N) is 1. The molecule has 1 aromatic carbocycles. The Morgan fingerprint density at radius 1 is 1.30 bits per heavy atom. The summed E-state index contributed by atoms with van der Waals surface area (Å²) in [6, 6.07) is 7.69. The average molecular weight is 296 g/mol. The Balaban J connectivity index is 2.41. The van der Waals surface area contributed by atoms with Crippen LogP contribution in [0.4, 0.5) is 4.79 Å². The molecule has 0 aliphatic heterocycles. The van der Waals surface area contributed by atoms with E-state index in [1.807, 2.05) is 6.07 Å². The predicted molar refractivity (Wildman–Crippen MR) is 71.7 cm³/mol. The fourth-order valence-corrected chi connectivity index (χ4v) is 1.90. The highest BCUT2D eigenvalue weighted by Gasteiger charge is 2.15. The molecular formula is C13H14NO5S-. The summed E-state index contributed by atoms with van der Waals surface area (Å²) in [7, 11) is 0. The quantitative estimate of drug-likeness (QED) is 0.811. The van der Waals surface area contributed by atoms with E-state index in [1.165, 1.54) is 6.92 Å². The summed E-state index contributed by atoms with van der Waals surface area (Å²) in [5.74, 6) is -1.56. The molecule has 0 bridgehead atoms. The number of hydrogen-bond donors (Lipinski definition) is 1. The summed E-state index contributed by atoms with van der Waals surface area (Å²) in [5.41, 5.74) is 0.783. The zero-order valence-electron chi connectivity index (χ0n) is 10.8. The third kappa shape index (κ3) is 6.24. The fourth-order valence-electron chi connectivity index (χ4n) is 1.28. The van der Waals surface area contributed by atoms with Crippen LogP contribution >= 0.6 is 11.8 Å². The number of carbonyl (C=O) groups excluding carboxylic acids is 3. The molecule has 1 rings (SSSR count). The van der Waals surface area contributed by atoms with Crippen LogP contribution in [0.25, 0.3) is 0 Å². The number of hydrogen-bond acceptors (Lipinski definition) is 6. The molecule has 0 spiro atoms. The Hall–Kier alpha value is -2.02. The lowest BCUT2D eigenvalue weighted by Gasteiger charge is -2.18. The Bertz CT molecular complexity index is 477. The van der Waals surface area contributed by atoms with Gasteiger partial charge in [0.25, 0.3) is 0 Å². The second-order valence-corrected chi connectivity index (χ2v) is 5.08. The van der Waals surface area contributed by atoms with E-state index in [1.54, 1.807) is 24.3 Å². The summed E-state index contributed by atoms with van der Waals surface area (Å²) in [4.78, 5) is 33.0. The molecule has 0 fully saturated rings. The number of thioether (sulfide) groups is 1. The molecule has 7 heteroatoms. The Morgan fingerprint density at radius 3 is 2.50 bits per heavy atom. The molecular weight excluding hydrogens is 282 g/mol. The van der Waals surface area contributed by atoms with Gasteiger partial charge in [0.05, 0.1) is 12.0 Å². The van der Waals surface area contributed by atoms with Gasteiger partial charge in [-0.25, -0.2) is 4.79 Å². The van der Waals surface area contributed by atoms with Gasteiger partial charge in [-0.2, -0.15) is 0 Å². The Labute approximate surface area is 120 Å². The minimum absolute atomic E-state index is 0.0340. The first-order chi connectivity index (χ1) is 9.49. The lowest BCUT2D eigenvalue weighted by Crippen LogP contribution is -2.49. The molecule has 1 aromatic rings. The third-order valence-electron chi connectivity index (χ3n) is 2.24. The molecule has 0 radical (unpaired) electrons. The van der Waals surface area contributed by atoms with Crippen molar-refractivity contribution in [1.29, 1.82) is 0 Å². The number of carboxylic acids is 1. The van der Waals surface area contributed by atoms with Crippen LogP contribution in [0, 0.1) is 0 Å². The van der Waals surface area contributed by atoms with Crippen molar-refractivity contribution in [2.45, 2.75) is 19.6 Å². The summed E-state index contributed by atoms with van der Waals surface area (Å²) >= 11 is 0.794. The van der Waals surface area contributed by atoms with Crippen LogP contribution in [-0.4, -0.2) is 29.0 Å². The molecule has 0 unspecified atom stereocenters. The number of ether oxygens (including phenoxy) is 1. The van der Waals surface area contributed by atoms with Gasteiger partial charge in [0, 0.05) is 12.7 Å². The van der Waals surface area contributed by atoms with Crippen molar-refractivity contribution in [3.63, 3.8) is 0 Å². The first-order valence-electron chi connectivity index (χ1n) is 5.80. The monoisotopic (exact) mass is 296 g/mol. The number of rotatable bonds is 6. The van der Waals surface area contributed by atoms with E-state index >= 15 is 0 Å². The van der Waals surface area contributed by atoms with Crippen LogP contribution < -0.4 is 10.4 Å². The lowest BCUT2D eigenvalue weighted by atomic mass is 10.2. The van der Waals surface area contributed by atoms with Crippen LogP contribution in [0.3, 0.4) is 0 Å². The van der Waals surface area contributed by atoms with Gasteiger partial charge < -0.3 is 20.0 Å². The van der Waals surface area contributed by atoms with Crippen LogP contribution in [0.5, 0.6) is 0 Å². The topological polar surface area (TPSA) is 95.5 Å². The summed E-state index contributed by atoms with van der Waals surface area (Å²) in [6.07, 6.45) is -0.868. The van der Waals surface area contributed by atoms with Gasteiger partial charge in [0.15, 0.2) is 5.12 Å². The molecule has 108 valence electrons. The van der Waals surface area contributed by atoms with Crippen molar-refractivity contribution in [1.82, 2.24) is 5.32 Å². The molecule has 0 saturated carbocycles. The first-order valence-corrected chi connectivity index (χ1v) is 6.79. The highest BCUT2D eigenvalue weighted by Crippen LogP contribution is 2.05. The van der Waals surface area contributed by atoms with Crippen molar-refractivity contribution in [2.75, 3.05) is 5.75 Å². The largest absolute Gasteiger partial charge is 0.548 e. The average Bonchev–Trinajstić information content (AvgIpc) is 2.41.